The van der Waals surface area contributed by atoms with E-state index in [2.05, 4.69) is 16.3 Å². The zero-order chi connectivity index (χ0) is 11.5. The number of hydrogen-bond donors (Lipinski definition) is 1. The van der Waals surface area contributed by atoms with Gasteiger partial charge in [-0.15, -0.1) is 0 Å². The summed E-state index contributed by atoms with van der Waals surface area (Å²) in [6, 6.07) is 0.818. The molecule has 0 amide bonds. The molecule has 1 N–H and O–H groups in total. The highest BCUT2D eigenvalue weighted by molar-refractivity contribution is 5.05. The van der Waals surface area contributed by atoms with E-state index in [0.717, 1.165) is 12.0 Å². The monoisotopic (exact) mass is 234 g/mol. The number of nitrogens with zero attached hydrogens (tertiary/aromatic N) is 1. The molecule has 0 aromatic carbocycles. The summed E-state index contributed by atoms with van der Waals surface area (Å²) in [7, 11) is 0. The van der Waals surface area contributed by atoms with E-state index in [4.69, 9.17) is 0 Å². The van der Waals surface area contributed by atoms with Crippen LogP contribution >= 0.6 is 0 Å². The zero-order valence-corrected chi connectivity index (χ0v) is 11.0. The van der Waals surface area contributed by atoms with Crippen LogP contribution in [0.25, 0.3) is 0 Å². The van der Waals surface area contributed by atoms with Gasteiger partial charge in [0.05, 0.1) is 0 Å². The molecule has 96 valence electrons. The third kappa shape index (κ3) is 2.92. The topological polar surface area (TPSA) is 15.3 Å². The van der Waals surface area contributed by atoms with Gasteiger partial charge in [-0.2, -0.15) is 0 Å². The van der Waals surface area contributed by atoms with Crippen molar-refractivity contribution < 1.29 is 0 Å². The van der Waals surface area contributed by atoms with E-state index in [1.807, 2.05) is 0 Å². The Balaban J connectivity index is 1.40. The van der Waals surface area contributed by atoms with Gasteiger partial charge >= 0.3 is 0 Å². The molecule has 2 heteroatoms. The minimum atomic E-state index is 0.818. The van der Waals surface area contributed by atoms with E-state index >= 15 is 0 Å². The van der Waals surface area contributed by atoms with Crippen molar-refractivity contribution in [2.75, 3.05) is 26.2 Å². The van der Waals surface area contributed by atoms with Crippen molar-refractivity contribution in [1.82, 2.24) is 10.2 Å². The first-order chi connectivity index (χ1) is 8.42. The van der Waals surface area contributed by atoms with Crippen molar-refractivity contribution in [3.8, 4) is 0 Å². The maximum atomic E-state index is 3.83. The smallest absolute Gasteiger partial charge is 0.0120 e. The van der Waals surface area contributed by atoms with E-state index in [1.165, 1.54) is 71.1 Å². The van der Waals surface area contributed by atoms with Crippen molar-refractivity contribution in [1.29, 1.82) is 0 Å². The van der Waals surface area contributed by atoms with Gasteiger partial charge in [-0.3, -0.25) is 0 Å². The number of rotatable bonds is 4. The molecule has 3 atom stereocenters. The third-order valence-electron chi connectivity index (χ3n) is 4.87. The van der Waals surface area contributed by atoms with Crippen molar-refractivity contribution in [2.24, 2.45) is 5.92 Å². The quantitative estimate of drug-likeness (QED) is 0.752. The first kappa shape index (κ1) is 11.7. The molecule has 0 radical (unpaired) electrons. The molecule has 2 aliphatic heterocycles. The molecule has 2 heterocycles. The lowest BCUT2D eigenvalue weighted by Gasteiger charge is -2.31. The largest absolute Gasteiger partial charge is 0.313 e. The first-order valence-corrected chi connectivity index (χ1v) is 7.55. The number of allylic oxidation sites excluding steroid dienone is 1. The molecule has 0 aromatic rings. The van der Waals surface area contributed by atoms with Crippen LogP contribution in [-0.2, 0) is 0 Å². The zero-order valence-electron chi connectivity index (χ0n) is 11.0. The highest BCUT2D eigenvalue weighted by Gasteiger charge is 2.33. The van der Waals surface area contributed by atoms with Crippen LogP contribution in [0.3, 0.4) is 0 Å². The van der Waals surface area contributed by atoms with Gasteiger partial charge in [-0.05, 0) is 70.5 Å². The van der Waals surface area contributed by atoms with Gasteiger partial charge in [0.25, 0.3) is 0 Å². The highest BCUT2D eigenvalue weighted by Crippen LogP contribution is 2.27. The molecule has 0 saturated carbocycles. The molecule has 3 rings (SSSR count). The highest BCUT2D eigenvalue weighted by atomic mass is 15.2. The van der Waals surface area contributed by atoms with Crippen LogP contribution < -0.4 is 5.32 Å². The molecule has 2 saturated heterocycles. The second-order valence-electron chi connectivity index (χ2n) is 6.06. The molecule has 0 aromatic heterocycles. The normalized spacial score (nSPS) is 36.9. The van der Waals surface area contributed by atoms with Gasteiger partial charge in [-0.1, -0.05) is 11.6 Å². The van der Waals surface area contributed by atoms with E-state index in [9.17, 15) is 0 Å². The number of hydrogen-bond acceptors (Lipinski definition) is 2. The summed E-state index contributed by atoms with van der Waals surface area (Å²) in [5.41, 5.74) is 1.72. The van der Waals surface area contributed by atoms with Crippen LogP contribution in [0.1, 0.15) is 44.9 Å². The SMILES string of the molecule is C1=C(CCNC2CCN3CCC2C3)CCCC1. The summed E-state index contributed by atoms with van der Waals surface area (Å²) >= 11 is 0. The Morgan fingerprint density at radius 1 is 1.24 bits per heavy atom. The predicted molar refractivity (Wildman–Crippen MR) is 72.1 cm³/mol. The Hall–Kier alpha value is -0.340. The Bertz CT molecular complexity index is 285. The summed E-state index contributed by atoms with van der Waals surface area (Å²) in [5, 5.41) is 3.83. The predicted octanol–water partition coefficient (Wildman–Crippen LogP) is 2.56. The van der Waals surface area contributed by atoms with Crippen LogP contribution in [0.15, 0.2) is 11.6 Å². The average molecular weight is 234 g/mol. The Kier molecular flexibility index (Phi) is 3.82. The molecule has 0 spiro atoms. The Labute approximate surface area is 105 Å². The van der Waals surface area contributed by atoms with Crippen LogP contribution in [0.4, 0.5) is 0 Å². The van der Waals surface area contributed by atoms with Gasteiger partial charge in [-0.25, -0.2) is 0 Å². The molecular weight excluding hydrogens is 208 g/mol. The van der Waals surface area contributed by atoms with Crippen LogP contribution in [0.5, 0.6) is 0 Å². The minimum absolute atomic E-state index is 0.818. The summed E-state index contributed by atoms with van der Waals surface area (Å²) in [5.74, 6) is 0.948. The van der Waals surface area contributed by atoms with Crippen LogP contribution in [-0.4, -0.2) is 37.1 Å². The van der Waals surface area contributed by atoms with E-state index < -0.39 is 0 Å². The molecule has 1 aliphatic carbocycles. The molecule has 2 bridgehead atoms. The van der Waals surface area contributed by atoms with Crippen molar-refractivity contribution in [2.45, 2.75) is 51.0 Å². The lowest BCUT2D eigenvalue weighted by molar-refractivity contribution is 0.222. The van der Waals surface area contributed by atoms with Gasteiger partial charge in [0.1, 0.15) is 0 Å². The van der Waals surface area contributed by atoms with Crippen molar-refractivity contribution in [3.63, 3.8) is 0 Å². The molecule has 17 heavy (non-hydrogen) atoms. The minimum Gasteiger partial charge on any atom is -0.313 e. The number of nitrogens with one attached hydrogen (secondary N) is 1. The average Bonchev–Trinajstić information content (AvgIpc) is 2.76. The van der Waals surface area contributed by atoms with Crippen LogP contribution in [0.2, 0.25) is 0 Å². The van der Waals surface area contributed by atoms with E-state index in [-0.39, 0.29) is 0 Å². The molecule has 3 unspecified atom stereocenters. The molecular formula is C15H26N2. The first-order valence-electron chi connectivity index (χ1n) is 7.55. The molecule has 2 fully saturated rings. The standard InChI is InChI=1S/C15H26N2/c1-2-4-13(5-3-1)6-9-16-15-8-11-17-10-7-14(15)12-17/h4,14-16H,1-3,5-12H2. The second-order valence-corrected chi connectivity index (χ2v) is 6.06. The lowest BCUT2D eigenvalue weighted by Crippen LogP contribution is -2.44. The van der Waals surface area contributed by atoms with E-state index in [0.29, 0.717) is 0 Å². The fourth-order valence-corrected chi connectivity index (χ4v) is 3.77. The van der Waals surface area contributed by atoms with Gasteiger partial charge < -0.3 is 10.2 Å². The second kappa shape index (κ2) is 5.53. The molecule has 3 aliphatic rings. The van der Waals surface area contributed by atoms with E-state index in [1.54, 1.807) is 5.57 Å². The maximum Gasteiger partial charge on any atom is 0.0120 e. The lowest BCUT2D eigenvalue weighted by atomic mass is 9.93. The number of fused-ring (bicyclic) bond motifs is 2. The fraction of sp³-hybridized carbons (Fsp3) is 0.867. The summed E-state index contributed by atoms with van der Waals surface area (Å²) in [6.07, 6.45) is 12.1. The Morgan fingerprint density at radius 3 is 3.06 bits per heavy atom. The maximum absolute atomic E-state index is 3.83. The van der Waals surface area contributed by atoms with Crippen molar-refractivity contribution in [3.05, 3.63) is 11.6 Å². The summed E-state index contributed by atoms with van der Waals surface area (Å²) in [4.78, 5) is 2.63. The Morgan fingerprint density at radius 2 is 2.18 bits per heavy atom. The van der Waals surface area contributed by atoms with Gasteiger partial charge in [0, 0.05) is 12.6 Å². The third-order valence-corrected chi connectivity index (χ3v) is 4.87. The van der Waals surface area contributed by atoms with Crippen LogP contribution in [0, 0.1) is 5.92 Å². The van der Waals surface area contributed by atoms with Crippen molar-refractivity contribution >= 4 is 0 Å². The van der Waals surface area contributed by atoms with Gasteiger partial charge in [0.2, 0.25) is 0 Å². The molecule has 2 nitrogen and oxygen atoms in total. The number of piperidine rings is 1. The van der Waals surface area contributed by atoms with Gasteiger partial charge in [0.15, 0.2) is 0 Å². The summed E-state index contributed by atoms with van der Waals surface area (Å²) < 4.78 is 0. The summed E-state index contributed by atoms with van der Waals surface area (Å²) in [6.45, 7) is 5.26. The fourth-order valence-electron chi connectivity index (χ4n) is 3.77.